The Kier molecular flexibility index (Phi) is 5.83. The highest BCUT2D eigenvalue weighted by Gasteiger charge is 2.10. The molecule has 3 rings (SSSR count). The van der Waals surface area contributed by atoms with Crippen molar-refractivity contribution in [2.24, 2.45) is 4.99 Å². The Balaban J connectivity index is 1.67. The summed E-state index contributed by atoms with van der Waals surface area (Å²) < 4.78 is 5.02. The second-order valence-corrected chi connectivity index (χ2v) is 6.17. The highest BCUT2D eigenvalue weighted by atomic mass is 16.5. The number of carbonyl (C=O) groups is 1. The second-order valence-electron chi connectivity index (χ2n) is 6.17. The summed E-state index contributed by atoms with van der Waals surface area (Å²) in [4.78, 5) is 18.7. The lowest BCUT2D eigenvalue weighted by Gasteiger charge is -2.28. The van der Waals surface area contributed by atoms with Crippen molar-refractivity contribution < 1.29 is 9.53 Å². The van der Waals surface area contributed by atoms with Crippen molar-refractivity contribution in [1.82, 2.24) is 0 Å². The van der Waals surface area contributed by atoms with Gasteiger partial charge in [-0.1, -0.05) is 18.2 Å². The molecule has 1 fully saturated rings. The van der Waals surface area contributed by atoms with Crippen LogP contribution in [0.3, 0.4) is 0 Å². The van der Waals surface area contributed by atoms with E-state index in [0.717, 1.165) is 24.3 Å². The van der Waals surface area contributed by atoms with Gasteiger partial charge in [0.2, 0.25) is 0 Å². The first-order chi connectivity index (χ1) is 12.3. The number of hydrogen-bond donors (Lipinski definition) is 0. The van der Waals surface area contributed by atoms with Gasteiger partial charge in [-0.05, 0) is 62.1 Å². The molecule has 130 valence electrons. The van der Waals surface area contributed by atoms with Gasteiger partial charge in [0, 0.05) is 25.0 Å². The average Bonchev–Trinajstić information content (AvgIpc) is 2.68. The van der Waals surface area contributed by atoms with Gasteiger partial charge >= 0.3 is 5.97 Å². The van der Waals surface area contributed by atoms with Crippen LogP contribution in [-0.2, 0) is 4.74 Å². The SMILES string of the molecule is CCOC(=O)c1cccc(N=Cc2ccc(N3CCCCC3)cc2)c1. The van der Waals surface area contributed by atoms with E-state index in [9.17, 15) is 4.79 Å². The van der Waals surface area contributed by atoms with Crippen LogP contribution in [0.2, 0.25) is 0 Å². The van der Waals surface area contributed by atoms with Crippen molar-refractivity contribution in [2.45, 2.75) is 26.2 Å². The van der Waals surface area contributed by atoms with Crippen molar-refractivity contribution in [1.29, 1.82) is 0 Å². The van der Waals surface area contributed by atoms with Gasteiger partial charge in [-0.3, -0.25) is 4.99 Å². The molecule has 1 saturated heterocycles. The first kappa shape index (κ1) is 17.2. The minimum Gasteiger partial charge on any atom is -0.462 e. The fourth-order valence-electron chi connectivity index (χ4n) is 3.00. The number of hydrogen-bond acceptors (Lipinski definition) is 4. The number of rotatable bonds is 5. The number of carbonyl (C=O) groups excluding carboxylic acids is 1. The standard InChI is InChI=1S/C21H24N2O2/c1-2-25-21(24)18-7-6-8-19(15-18)22-16-17-9-11-20(12-10-17)23-13-4-3-5-14-23/h6-12,15-16H,2-5,13-14H2,1H3. The predicted molar refractivity (Wildman–Crippen MR) is 102 cm³/mol. The predicted octanol–water partition coefficient (Wildman–Crippen LogP) is 4.60. The third kappa shape index (κ3) is 4.69. The third-order valence-electron chi connectivity index (χ3n) is 4.33. The minimum atomic E-state index is -0.314. The topological polar surface area (TPSA) is 41.9 Å². The van der Waals surface area contributed by atoms with Crippen LogP contribution in [0.1, 0.15) is 42.1 Å². The summed E-state index contributed by atoms with van der Waals surface area (Å²) >= 11 is 0. The van der Waals surface area contributed by atoms with E-state index in [1.165, 1.54) is 24.9 Å². The highest BCUT2D eigenvalue weighted by Crippen LogP contribution is 2.20. The zero-order valence-electron chi connectivity index (χ0n) is 14.6. The van der Waals surface area contributed by atoms with Crippen LogP contribution in [0.4, 0.5) is 11.4 Å². The Morgan fingerprint density at radius 1 is 1.12 bits per heavy atom. The summed E-state index contributed by atoms with van der Waals surface area (Å²) in [5.74, 6) is -0.314. The van der Waals surface area contributed by atoms with E-state index in [0.29, 0.717) is 12.2 Å². The molecular formula is C21H24N2O2. The molecule has 1 aliphatic heterocycles. The van der Waals surface area contributed by atoms with Crippen LogP contribution in [0.25, 0.3) is 0 Å². The fourth-order valence-corrected chi connectivity index (χ4v) is 3.00. The first-order valence-corrected chi connectivity index (χ1v) is 8.92. The molecule has 4 nitrogen and oxygen atoms in total. The highest BCUT2D eigenvalue weighted by molar-refractivity contribution is 5.91. The van der Waals surface area contributed by atoms with Gasteiger partial charge in [-0.2, -0.15) is 0 Å². The molecule has 0 saturated carbocycles. The Bertz CT molecular complexity index is 732. The summed E-state index contributed by atoms with van der Waals surface area (Å²) in [6.07, 6.45) is 5.72. The fraction of sp³-hybridized carbons (Fsp3) is 0.333. The van der Waals surface area contributed by atoms with E-state index in [1.807, 2.05) is 18.3 Å². The quantitative estimate of drug-likeness (QED) is 0.592. The number of benzene rings is 2. The molecule has 1 heterocycles. The largest absolute Gasteiger partial charge is 0.462 e. The second kappa shape index (κ2) is 8.47. The van der Waals surface area contributed by atoms with Crippen LogP contribution in [0, 0.1) is 0 Å². The Labute approximate surface area is 149 Å². The van der Waals surface area contributed by atoms with Crippen molar-refractivity contribution in [2.75, 3.05) is 24.6 Å². The molecule has 0 atom stereocenters. The number of ether oxygens (including phenoxy) is 1. The molecular weight excluding hydrogens is 312 g/mol. The summed E-state index contributed by atoms with van der Waals surface area (Å²) in [6.45, 7) is 4.46. The average molecular weight is 336 g/mol. The molecule has 0 aromatic heterocycles. The van der Waals surface area contributed by atoms with Crippen molar-refractivity contribution in [3.05, 3.63) is 59.7 Å². The lowest BCUT2D eigenvalue weighted by atomic mass is 10.1. The molecule has 0 aliphatic carbocycles. The van der Waals surface area contributed by atoms with Gasteiger partial charge in [-0.25, -0.2) is 4.79 Å². The number of piperidine rings is 1. The van der Waals surface area contributed by atoms with E-state index in [-0.39, 0.29) is 5.97 Å². The lowest BCUT2D eigenvalue weighted by molar-refractivity contribution is 0.0526. The maximum Gasteiger partial charge on any atom is 0.338 e. The van der Waals surface area contributed by atoms with Crippen LogP contribution in [-0.4, -0.2) is 31.9 Å². The van der Waals surface area contributed by atoms with Gasteiger partial charge < -0.3 is 9.64 Å². The molecule has 0 spiro atoms. The van der Waals surface area contributed by atoms with Gasteiger partial charge in [-0.15, -0.1) is 0 Å². The zero-order chi connectivity index (χ0) is 17.5. The van der Waals surface area contributed by atoms with Crippen molar-refractivity contribution in [3.8, 4) is 0 Å². The number of nitrogens with zero attached hydrogens (tertiary/aromatic N) is 2. The number of esters is 1. The van der Waals surface area contributed by atoms with E-state index in [2.05, 4.69) is 34.2 Å². The number of anilines is 1. The van der Waals surface area contributed by atoms with Crippen LogP contribution < -0.4 is 4.90 Å². The summed E-state index contributed by atoms with van der Waals surface area (Å²) in [7, 11) is 0. The smallest absolute Gasteiger partial charge is 0.338 e. The minimum absolute atomic E-state index is 0.314. The summed E-state index contributed by atoms with van der Waals surface area (Å²) in [6, 6.07) is 15.7. The van der Waals surface area contributed by atoms with E-state index in [4.69, 9.17) is 4.74 Å². The molecule has 0 amide bonds. The van der Waals surface area contributed by atoms with Gasteiger partial charge in [0.05, 0.1) is 17.9 Å². The molecule has 1 aliphatic rings. The Morgan fingerprint density at radius 3 is 2.60 bits per heavy atom. The molecule has 0 bridgehead atoms. The molecule has 25 heavy (non-hydrogen) atoms. The maximum atomic E-state index is 11.8. The molecule has 4 heteroatoms. The van der Waals surface area contributed by atoms with E-state index < -0.39 is 0 Å². The van der Waals surface area contributed by atoms with Gasteiger partial charge in [0.15, 0.2) is 0 Å². The lowest BCUT2D eigenvalue weighted by Crippen LogP contribution is -2.29. The van der Waals surface area contributed by atoms with Crippen molar-refractivity contribution >= 4 is 23.6 Å². The Hall–Kier alpha value is -2.62. The number of aliphatic imine (C=N–C) groups is 1. The van der Waals surface area contributed by atoms with Crippen LogP contribution >= 0.6 is 0 Å². The Morgan fingerprint density at radius 2 is 1.88 bits per heavy atom. The zero-order valence-corrected chi connectivity index (χ0v) is 14.6. The van der Waals surface area contributed by atoms with E-state index >= 15 is 0 Å². The van der Waals surface area contributed by atoms with Crippen molar-refractivity contribution in [3.63, 3.8) is 0 Å². The summed E-state index contributed by atoms with van der Waals surface area (Å²) in [5, 5.41) is 0. The maximum absolute atomic E-state index is 11.8. The monoisotopic (exact) mass is 336 g/mol. The molecule has 2 aromatic carbocycles. The molecule has 0 unspecified atom stereocenters. The first-order valence-electron chi connectivity index (χ1n) is 8.92. The summed E-state index contributed by atoms with van der Waals surface area (Å²) in [5.41, 5.74) is 3.59. The van der Waals surface area contributed by atoms with Crippen LogP contribution in [0.5, 0.6) is 0 Å². The van der Waals surface area contributed by atoms with E-state index in [1.54, 1.807) is 19.1 Å². The normalized spacial score (nSPS) is 14.7. The molecule has 0 N–H and O–H groups in total. The van der Waals surface area contributed by atoms with Crippen LogP contribution in [0.15, 0.2) is 53.5 Å². The van der Waals surface area contributed by atoms with Gasteiger partial charge in [0.25, 0.3) is 0 Å². The molecule has 2 aromatic rings. The molecule has 0 radical (unpaired) electrons. The van der Waals surface area contributed by atoms with Gasteiger partial charge in [0.1, 0.15) is 0 Å². The third-order valence-corrected chi connectivity index (χ3v) is 4.33.